The highest BCUT2D eigenvalue weighted by Crippen LogP contribution is 2.36. The van der Waals surface area contributed by atoms with Gasteiger partial charge in [0.2, 0.25) is 0 Å². The number of nitrogens with one attached hydrogen (secondary N) is 1. The fourth-order valence-electron chi connectivity index (χ4n) is 2.59. The maximum atomic E-state index is 5.31. The van der Waals surface area contributed by atoms with E-state index in [0.29, 0.717) is 6.04 Å². The van der Waals surface area contributed by atoms with E-state index >= 15 is 0 Å². The lowest BCUT2D eigenvalue weighted by Gasteiger charge is -2.41. The van der Waals surface area contributed by atoms with E-state index in [-0.39, 0.29) is 5.41 Å². The Bertz CT molecular complexity index is 364. The van der Waals surface area contributed by atoms with Crippen LogP contribution in [0.4, 0.5) is 0 Å². The lowest BCUT2D eigenvalue weighted by molar-refractivity contribution is 0.260. The van der Waals surface area contributed by atoms with E-state index in [1.54, 1.807) is 7.11 Å². The van der Waals surface area contributed by atoms with E-state index < -0.39 is 0 Å². The molecule has 1 aromatic carbocycles. The molecule has 1 saturated heterocycles. The molecule has 1 aliphatic rings. The van der Waals surface area contributed by atoms with Gasteiger partial charge in [0.25, 0.3) is 0 Å². The van der Waals surface area contributed by atoms with Gasteiger partial charge in [-0.3, -0.25) is 0 Å². The number of methoxy groups -OCH3 is 1. The molecule has 0 aromatic heterocycles. The van der Waals surface area contributed by atoms with Crippen LogP contribution in [0.1, 0.15) is 32.3 Å². The predicted octanol–water partition coefficient (Wildman–Crippen LogP) is 2.72. The summed E-state index contributed by atoms with van der Waals surface area (Å²) >= 11 is 0. The highest BCUT2D eigenvalue weighted by molar-refractivity contribution is 5.35. The number of hydrogen-bond donors (Lipinski definition) is 1. The molecule has 1 heterocycles. The van der Waals surface area contributed by atoms with E-state index in [2.05, 4.69) is 37.4 Å². The van der Waals surface area contributed by atoms with Crippen molar-refractivity contribution in [1.29, 1.82) is 0 Å². The van der Waals surface area contributed by atoms with Crippen LogP contribution in [0.2, 0.25) is 0 Å². The summed E-state index contributed by atoms with van der Waals surface area (Å²) in [5, 5.41) is 3.57. The monoisotopic (exact) mass is 219 g/mol. The van der Waals surface area contributed by atoms with Crippen molar-refractivity contribution in [1.82, 2.24) is 5.32 Å². The van der Waals surface area contributed by atoms with Crippen molar-refractivity contribution in [2.45, 2.75) is 38.1 Å². The maximum absolute atomic E-state index is 5.31. The Labute approximate surface area is 98.0 Å². The summed E-state index contributed by atoms with van der Waals surface area (Å²) < 4.78 is 5.31. The quantitative estimate of drug-likeness (QED) is 0.825. The summed E-state index contributed by atoms with van der Waals surface area (Å²) in [7, 11) is 1.73. The molecule has 0 radical (unpaired) electrons. The largest absolute Gasteiger partial charge is 0.497 e. The average molecular weight is 219 g/mol. The molecule has 1 aromatic rings. The van der Waals surface area contributed by atoms with Gasteiger partial charge in [0.1, 0.15) is 5.75 Å². The third kappa shape index (κ3) is 1.94. The molecular weight excluding hydrogens is 198 g/mol. The lowest BCUT2D eigenvalue weighted by Crippen LogP contribution is -2.49. The number of hydrogen-bond acceptors (Lipinski definition) is 2. The normalized spacial score (nSPS) is 30.1. The topological polar surface area (TPSA) is 21.3 Å². The Kier molecular flexibility index (Phi) is 3.20. The first-order valence-electron chi connectivity index (χ1n) is 6.05. The van der Waals surface area contributed by atoms with Crippen LogP contribution in [0.5, 0.6) is 5.75 Å². The van der Waals surface area contributed by atoms with Gasteiger partial charge in [0.05, 0.1) is 7.11 Å². The molecule has 1 aliphatic heterocycles. The minimum Gasteiger partial charge on any atom is -0.497 e. The third-order valence-electron chi connectivity index (χ3n) is 4.01. The highest BCUT2D eigenvalue weighted by Gasteiger charge is 2.35. The predicted molar refractivity (Wildman–Crippen MR) is 67.0 cm³/mol. The van der Waals surface area contributed by atoms with Gasteiger partial charge in [-0.1, -0.05) is 19.1 Å². The standard InChI is InChI=1S/C14H21NO/c1-11-14(2,8-5-9-15-11)12-6-4-7-13(10-12)16-3/h4,6-7,10-11,15H,5,8-9H2,1-3H3/t11-,14-/m0/s1. The summed E-state index contributed by atoms with van der Waals surface area (Å²) in [6.07, 6.45) is 2.49. The van der Waals surface area contributed by atoms with Crippen LogP contribution in [-0.2, 0) is 5.41 Å². The van der Waals surface area contributed by atoms with Crippen LogP contribution in [0.3, 0.4) is 0 Å². The van der Waals surface area contributed by atoms with Crippen LogP contribution in [0.25, 0.3) is 0 Å². The SMILES string of the molecule is COc1cccc([C@@]2(C)CCCN[C@H]2C)c1. The minimum absolute atomic E-state index is 0.229. The molecule has 0 saturated carbocycles. The second-order valence-electron chi connectivity index (χ2n) is 4.93. The van der Waals surface area contributed by atoms with Gasteiger partial charge in [-0.15, -0.1) is 0 Å². The van der Waals surface area contributed by atoms with Crippen LogP contribution in [-0.4, -0.2) is 19.7 Å². The molecule has 88 valence electrons. The zero-order valence-electron chi connectivity index (χ0n) is 10.4. The molecule has 0 amide bonds. The molecule has 2 atom stereocenters. The van der Waals surface area contributed by atoms with Crippen LogP contribution in [0, 0.1) is 0 Å². The van der Waals surface area contributed by atoms with E-state index in [4.69, 9.17) is 4.74 Å². The van der Waals surface area contributed by atoms with Gasteiger partial charge in [-0.05, 0) is 44.0 Å². The Morgan fingerprint density at radius 2 is 2.25 bits per heavy atom. The van der Waals surface area contributed by atoms with E-state index in [0.717, 1.165) is 12.3 Å². The number of benzene rings is 1. The van der Waals surface area contributed by atoms with Gasteiger partial charge in [0.15, 0.2) is 0 Å². The fraction of sp³-hybridized carbons (Fsp3) is 0.571. The molecular formula is C14H21NO. The number of rotatable bonds is 2. The summed E-state index contributed by atoms with van der Waals surface area (Å²) in [5.41, 5.74) is 1.61. The highest BCUT2D eigenvalue weighted by atomic mass is 16.5. The first kappa shape index (κ1) is 11.5. The van der Waals surface area contributed by atoms with E-state index in [1.165, 1.54) is 18.4 Å². The molecule has 1 N–H and O–H groups in total. The Hall–Kier alpha value is -1.02. The Morgan fingerprint density at radius 1 is 1.44 bits per heavy atom. The van der Waals surface area contributed by atoms with Crippen molar-refractivity contribution >= 4 is 0 Å². The molecule has 2 heteroatoms. The molecule has 1 fully saturated rings. The van der Waals surface area contributed by atoms with Gasteiger partial charge in [0, 0.05) is 11.5 Å². The summed E-state index contributed by atoms with van der Waals surface area (Å²) in [5.74, 6) is 0.955. The molecule has 2 rings (SSSR count). The maximum Gasteiger partial charge on any atom is 0.119 e. The second kappa shape index (κ2) is 4.46. The molecule has 2 nitrogen and oxygen atoms in total. The number of piperidine rings is 1. The lowest BCUT2D eigenvalue weighted by atomic mass is 9.71. The summed E-state index contributed by atoms with van der Waals surface area (Å²) in [4.78, 5) is 0. The van der Waals surface area contributed by atoms with Crippen molar-refractivity contribution in [3.63, 3.8) is 0 Å². The van der Waals surface area contributed by atoms with Crippen molar-refractivity contribution in [2.75, 3.05) is 13.7 Å². The first-order valence-corrected chi connectivity index (χ1v) is 6.05. The van der Waals surface area contributed by atoms with Gasteiger partial charge < -0.3 is 10.1 Å². The molecule has 0 unspecified atom stereocenters. The zero-order chi connectivity index (χ0) is 11.6. The Balaban J connectivity index is 2.33. The van der Waals surface area contributed by atoms with Crippen molar-refractivity contribution in [3.8, 4) is 5.75 Å². The summed E-state index contributed by atoms with van der Waals surface area (Å²) in [6, 6.07) is 9.00. The van der Waals surface area contributed by atoms with Crippen LogP contribution < -0.4 is 10.1 Å². The van der Waals surface area contributed by atoms with Crippen molar-refractivity contribution in [3.05, 3.63) is 29.8 Å². The third-order valence-corrected chi connectivity index (χ3v) is 4.01. The first-order chi connectivity index (χ1) is 7.66. The van der Waals surface area contributed by atoms with Gasteiger partial charge in [-0.2, -0.15) is 0 Å². The van der Waals surface area contributed by atoms with E-state index in [1.807, 2.05) is 6.07 Å². The average Bonchev–Trinajstić information content (AvgIpc) is 2.33. The molecule has 0 aliphatic carbocycles. The van der Waals surface area contributed by atoms with Crippen molar-refractivity contribution < 1.29 is 4.74 Å². The van der Waals surface area contributed by atoms with Crippen LogP contribution >= 0.6 is 0 Å². The van der Waals surface area contributed by atoms with Gasteiger partial charge >= 0.3 is 0 Å². The zero-order valence-corrected chi connectivity index (χ0v) is 10.4. The van der Waals surface area contributed by atoms with Gasteiger partial charge in [-0.25, -0.2) is 0 Å². The number of ether oxygens (including phenoxy) is 1. The Morgan fingerprint density at radius 3 is 2.94 bits per heavy atom. The molecule has 0 spiro atoms. The fourth-order valence-corrected chi connectivity index (χ4v) is 2.59. The smallest absolute Gasteiger partial charge is 0.119 e. The molecule has 16 heavy (non-hydrogen) atoms. The second-order valence-corrected chi connectivity index (χ2v) is 4.93. The van der Waals surface area contributed by atoms with E-state index in [9.17, 15) is 0 Å². The molecule has 0 bridgehead atoms. The summed E-state index contributed by atoms with van der Waals surface area (Å²) in [6.45, 7) is 5.76. The van der Waals surface area contributed by atoms with Crippen molar-refractivity contribution in [2.24, 2.45) is 0 Å². The minimum atomic E-state index is 0.229. The van der Waals surface area contributed by atoms with Crippen LogP contribution in [0.15, 0.2) is 24.3 Å².